The van der Waals surface area contributed by atoms with Crippen molar-refractivity contribution in [2.45, 2.75) is 52.5 Å². The van der Waals surface area contributed by atoms with Gasteiger partial charge in [0.05, 0.1) is 0 Å². The van der Waals surface area contributed by atoms with Gasteiger partial charge in [0.1, 0.15) is 12.2 Å². The van der Waals surface area contributed by atoms with Crippen LogP contribution in [0.3, 0.4) is 0 Å². The molecule has 1 saturated carbocycles. The van der Waals surface area contributed by atoms with E-state index in [4.69, 9.17) is 9.73 Å². The lowest BCUT2D eigenvalue weighted by Gasteiger charge is -2.40. The van der Waals surface area contributed by atoms with Gasteiger partial charge in [-0.2, -0.15) is 0 Å². The number of guanidine groups is 1. The van der Waals surface area contributed by atoms with Crippen molar-refractivity contribution in [2.24, 2.45) is 10.4 Å². The average Bonchev–Trinajstić information content (AvgIpc) is 3.01. The summed E-state index contributed by atoms with van der Waals surface area (Å²) in [5.74, 6) is 1.92. The monoisotopic (exact) mass is 464 g/mol. The Hall–Kier alpha value is -0.900. The predicted octanol–water partition coefficient (Wildman–Crippen LogP) is 2.22. The fourth-order valence-electron chi connectivity index (χ4n) is 3.11. The second-order valence-electron chi connectivity index (χ2n) is 6.51. The zero-order chi connectivity index (χ0) is 17.3. The van der Waals surface area contributed by atoms with E-state index in [9.17, 15) is 0 Å². The van der Waals surface area contributed by atoms with Crippen molar-refractivity contribution >= 4 is 29.9 Å². The molecule has 0 unspecified atom stereocenters. The van der Waals surface area contributed by atoms with Gasteiger partial charge in [0, 0.05) is 46.3 Å². The summed E-state index contributed by atoms with van der Waals surface area (Å²) in [6, 6.07) is 0. The Balaban J connectivity index is 0.00000312. The van der Waals surface area contributed by atoms with Gasteiger partial charge < -0.3 is 19.9 Å². The van der Waals surface area contributed by atoms with E-state index in [1.807, 2.05) is 0 Å². The molecule has 2 N–H and O–H groups in total. The van der Waals surface area contributed by atoms with Gasteiger partial charge in [0.15, 0.2) is 5.96 Å². The average molecular weight is 464 g/mol. The second-order valence-corrected chi connectivity index (χ2v) is 6.51. The highest BCUT2D eigenvalue weighted by atomic mass is 127. The summed E-state index contributed by atoms with van der Waals surface area (Å²) < 4.78 is 7.35. The molecule has 1 aromatic heterocycles. The fourth-order valence-corrected chi connectivity index (χ4v) is 3.11. The van der Waals surface area contributed by atoms with Gasteiger partial charge in [-0.15, -0.1) is 34.2 Å². The molecule has 1 aliphatic rings. The molecule has 1 heterocycles. The number of aromatic nitrogens is 3. The number of methoxy groups -OCH3 is 1. The number of hydrogen-bond acceptors (Lipinski definition) is 4. The van der Waals surface area contributed by atoms with Crippen molar-refractivity contribution in [1.82, 2.24) is 25.4 Å². The van der Waals surface area contributed by atoms with Gasteiger partial charge in [0.2, 0.25) is 0 Å². The molecule has 0 spiro atoms. The van der Waals surface area contributed by atoms with E-state index >= 15 is 0 Å². The Kier molecular flexibility index (Phi) is 10.3. The van der Waals surface area contributed by atoms with Crippen LogP contribution in [0, 0.1) is 5.41 Å². The first-order valence-electron chi connectivity index (χ1n) is 9.11. The summed E-state index contributed by atoms with van der Waals surface area (Å²) in [6.07, 6.45) is 7.64. The number of aliphatic imine (C=N–C) groups is 1. The maximum Gasteiger partial charge on any atom is 0.191 e. The molecule has 0 atom stereocenters. The molecular formula is C17H33IN6O. The lowest BCUT2D eigenvalue weighted by Crippen LogP contribution is -2.41. The molecule has 0 saturated heterocycles. The van der Waals surface area contributed by atoms with E-state index < -0.39 is 0 Å². The first kappa shape index (κ1) is 22.1. The molecule has 0 aliphatic heterocycles. The minimum Gasteiger partial charge on any atom is -0.385 e. The number of nitrogens with zero attached hydrogens (tertiary/aromatic N) is 4. The molecule has 1 aliphatic carbocycles. The lowest BCUT2D eigenvalue weighted by molar-refractivity contribution is 0.0778. The standard InChI is InChI=1S/C17H32N6O.HI/c1-4-15-22-21-14-23(15)11-10-19-16(18-5-2)20-13-17(7-6-8-17)9-12-24-3;/h14H,4-13H2,1-3H3,(H2,18,19,20);1H. The summed E-state index contributed by atoms with van der Waals surface area (Å²) in [5.41, 5.74) is 0.349. The minimum atomic E-state index is 0. The molecule has 2 rings (SSSR count). The van der Waals surface area contributed by atoms with Gasteiger partial charge in [-0.05, 0) is 31.6 Å². The van der Waals surface area contributed by atoms with Crippen molar-refractivity contribution in [2.75, 3.05) is 33.4 Å². The number of halogens is 1. The third-order valence-corrected chi connectivity index (χ3v) is 4.82. The molecule has 7 nitrogen and oxygen atoms in total. The van der Waals surface area contributed by atoms with Crippen LogP contribution in [0.4, 0.5) is 0 Å². The molecule has 8 heteroatoms. The Bertz CT molecular complexity index is 515. The SMILES string of the molecule is CCNC(=NCC1(CCOC)CCC1)NCCn1cnnc1CC.I. The number of nitrogens with one attached hydrogen (secondary N) is 2. The molecule has 0 radical (unpaired) electrons. The van der Waals surface area contributed by atoms with E-state index in [1.54, 1.807) is 13.4 Å². The zero-order valence-corrected chi connectivity index (χ0v) is 18.1. The minimum absolute atomic E-state index is 0. The highest BCUT2D eigenvalue weighted by Gasteiger charge is 2.36. The summed E-state index contributed by atoms with van der Waals surface area (Å²) in [5, 5.41) is 14.8. The van der Waals surface area contributed by atoms with Crippen LogP contribution in [-0.4, -0.2) is 54.1 Å². The zero-order valence-electron chi connectivity index (χ0n) is 15.8. The highest BCUT2D eigenvalue weighted by Crippen LogP contribution is 2.44. The van der Waals surface area contributed by atoms with Crippen LogP contribution in [0.15, 0.2) is 11.3 Å². The largest absolute Gasteiger partial charge is 0.385 e. The lowest BCUT2D eigenvalue weighted by atomic mass is 9.67. The Morgan fingerprint density at radius 2 is 2.16 bits per heavy atom. The maximum absolute atomic E-state index is 5.26. The topological polar surface area (TPSA) is 76.4 Å². The van der Waals surface area contributed by atoms with Gasteiger partial charge >= 0.3 is 0 Å². The van der Waals surface area contributed by atoms with E-state index in [2.05, 4.69) is 39.2 Å². The predicted molar refractivity (Wildman–Crippen MR) is 112 cm³/mol. The Morgan fingerprint density at radius 3 is 2.76 bits per heavy atom. The first-order valence-corrected chi connectivity index (χ1v) is 9.11. The van der Waals surface area contributed by atoms with E-state index in [0.29, 0.717) is 5.41 Å². The van der Waals surface area contributed by atoms with Crippen LogP contribution in [-0.2, 0) is 17.7 Å². The van der Waals surface area contributed by atoms with Crippen LogP contribution in [0.5, 0.6) is 0 Å². The second kappa shape index (κ2) is 11.7. The normalized spacial score (nSPS) is 16.0. The van der Waals surface area contributed by atoms with E-state index in [-0.39, 0.29) is 24.0 Å². The highest BCUT2D eigenvalue weighted by molar-refractivity contribution is 14.0. The third-order valence-electron chi connectivity index (χ3n) is 4.82. The third kappa shape index (κ3) is 6.73. The van der Waals surface area contributed by atoms with Crippen LogP contribution >= 0.6 is 24.0 Å². The van der Waals surface area contributed by atoms with Crippen LogP contribution in [0.2, 0.25) is 0 Å². The maximum atomic E-state index is 5.26. The quantitative estimate of drug-likeness (QED) is 0.316. The molecule has 1 aromatic rings. The molecule has 25 heavy (non-hydrogen) atoms. The number of ether oxygens (including phenoxy) is 1. The molecule has 0 bridgehead atoms. The van der Waals surface area contributed by atoms with E-state index in [0.717, 1.165) is 57.4 Å². The van der Waals surface area contributed by atoms with Crippen molar-refractivity contribution in [3.8, 4) is 0 Å². The molecular weight excluding hydrogens is 431 g/mol. The summed E-state index contributed by atoms with van der Waals surface area (Å²) in [7, 11) is 1.77. The summed E-state index contributed by atoms with van der Waals surface area (Å²) in [6.45, 7) is 8.40. The van der Waals surface area contributed by atoms with Crippen molar-refractivity contribution in [3.63, 3.8) is 0 Å². The van der Waals surface area contributed by atoms with Crippen molar-refractivity contribution < 1.29 is 4.74 Å². The number of aryl methyl sites for hydroxylation is 1. The number of rotatable bonds is 10. The summed E-state index contributed by atoms with van der Waals surface area (Å²) in [4.78, 5) is 4.82. The van der Waals surface area contributed by atoms with Crippen LogP contribution < -0.4 is 10.6 Å². The Labute approximate surface area is 168 Å². The molecule has 0 amide bonds. The smallest absolute Gasteiger partial charge is 0.191 e. The van der Waals surface area contributed by atoms with Gasteiger partial charge in [0.25, 0.3) is 0 Å². The Morgan fingerprint density at radius 1 is 1.36 bits per heavy atom. The van der Waals surface area contributed by atoms with Gasteiger partial charge in [-0.25, -0.2) is 0 Å². The number of hydrogen-bond donors (Lipinski definition) is 2. The molecule has 0 aromatic carbocycles. The van der Waals surface area contributed by atoms with Crippen LogP contribution in [0.25, 0.3) is 0 Å². The first-order chi connectivity index (χ1) is 11.7. The van der Waals surface area contributed by atoms with E-state index in [1.165, 1.54) is 19.3 Å². The van der Waals surface area contributed by atoms with Gasteiger partial charge in [-0.3, -0.25) is 4.99 Å². The van der Waals surface area contributed by atoms with Crippen molar-refractivity contribution in [3.05, 3.63) is 12.2 Å². The molecule has 1 fully saturated rings. The van der Waals surface area contributed by atoms with Crippen molar-refractivity contribution in [1.29, 1.82) is 0 Å². The summed E-state index contributed by atoms with van der Waals surface area (Å²) >= 11 is 0. The fraction of sp³-hybridized carbons (Fsp3) is 0.824. The van der Waals surface area contributed by atoms with Gasteiger partial charge in [-0.1, -0.05) is 13.3 Å². The van der Waals surface area contributed by atoms with Crippen LogP contribution in [0.1, 0.15) is 45.4 Å². The molecule has 144 valence electrons.